The highest BCUT2D eigenvalue weighted by Gasteiger charge is 2.35. The van der Waals surface area contributed by atoms with E-state index in [4.69, 9.17) is 34.8 Å². The van der Waals surface area contributed by atoms with Crippen molar-refractivity contribution in [2.75, 3.05) is 5.32 Å². The van der Waals surface area contributed by atoms with Crippen LogP contribution in [-0.2, 0) is 0 Å². The Morgan fingerprint density at radius 2 is 1.89 bits per heavy atom. The van der Waals surface area contributed by atoms with Gasteiger partial charge in [0.1, 0.15) is 11.9 Å². The molecule has 3 rings (SSSR count). The van der Waals surface area contributed by atoms with Gasteiger partial charge in [0.2, 0.25) is 3.79 Å². The molecule has 0 saturated heterocycles. The predicted molar refractivity (Wildman–Crippen MR) is 114 cm³/mol. The van der Waals surface area contributed by atoms with Crippen molar-refractivity contribution in [3.63, 3.8) is 0 Å². The average molecular weight is 459 g/mol. The smallest absolute Gasteiger partial charge is 0.321 e. The molecule has 4 nitrogen and oxygen atoms in total. The van der Waals surface area contributed by atoms with Crippen molar-refractivity contribution < 1.29 is 9.18 Å². The monoisotopic (exact) mass is 457 g/mol. The van der Waals surface area contributed by atoms with Gasteiger partial charge in [-0.25, -0.2) is 14.2 Å². The van der Waals surface area contributed by atoms with Crippen LogP contribution in [-0.4, -0.2) is 14.8 Å². The SMILES string of the molecule is Cc1ccc([C@H](NC(=O)Nc2nc(-c3ccccc3)cs2)C(Cl)(Cl)Cl)cc1F. The molecule has 0 bridgehead atoms. The summed E-state index contributed by atoms with van der Waals surface area (Å²) in [4.78, 5) is 16.8. The van der Waals surface area contributed by atoms with Gasteiger partial charge in [0.25, 0.3) is 0 Å². The number of carbonyl (C=O) groups excluding carboxylic acids is 1. The van der Waals surface area contributed by atoms with Gasteiger partial charge in [0.15, 0.2) is 5.13 Å². The van der Waals surface area contributed by atoms with Crippen LogP contribution >= 0.6 is 46.1 Å². The molecular formula is C19H15Cl3FN3OS. The number of alkyl halides is 3. The number of hydrogen-bond donors (Lipinski definition) is 2. The Morgan fingerprint density at radius 1 is 1.18 bits per heavy atom. The molecule has 0 aliphatic carbocycles. The fourth-order valence-corrected chi connectivity index (χ4v) is 3.74. The molecule has 0 saturated carbocycles. The quantitative estimate of drug-likeness (QED) is 0.439. The van der Waals surface area contributed by atoms with Crippen LogP contribution in [0.3, 0.4) is 0 Å². The van der Waals surface area contributed by atoms with Crippen LogP contribution in [0.15, 0.2) is 53.9 Å². The highest BCUT2D eigenvalue weighted by Crippen LogP contribution is 2.40. The molecule has 2 amide bonds. The van der Waals surface area contributed by atoms with E-state index < -0.39 is 21.7 Å². The molecular weight excluding hydrogens is 444 g/mol. The number of anilines is 1. The third-order valence-corrected chi connectivity index (χ3v) is 5.34. The molecule has 0 aliphatic heterocycles. The van der Waals surface area contributed by atoms with Crippen LogP contribution in [0.5, 0.6) is 0 Å². The molecule has 0 fully saturated rings. The molecule has 0 spiro atoms. The lowest BCUT2D eigenvalue weighted by Gasteiger charge is -2.26. The second-order valence-electron chi connectivity index (χ2n) is 5.99. The second-order valence-corrected chi connectivity index (χ2v) is 9.21. The van der Waals surface area contributed by atoms with E-state index in [2.05, 4.69) is 15.6 Å². The van der Waals surface area contributed by atoms with Crippen molar-refractivity contribution >= 4 is 57.3 Å². The molecule has 1 aromatic heterocycles. The number of benzene rings is 2. The molecule has 1 atom stereocenters. The molecule has 0 radical (unpaired) electrons. The molecule has 9 heteroatoms. The number of urea groups is 1. The van der Waals surface area contributed by atoms with E-state index in [0.29, 0.717) is 16.3 Å². The first-order valence-electron chi connectivity index (χ1n) is 8.15. The van der Waals surface area contributed by atoms with Crippen LogP contribution in [0, 0.1) is 12.7 Å². The summed E-state index contributed by atoms with van der Waals surface area (Å²) in [6.07, 6.45) is 0. The van der Waals surface area contributed by atoms with Crippen molar-refractivity contribution in [1.82, 2.24) is 10.3 Å². The lowest BCUT2D eigenvalue weighted by molar-refractivity contribution is 0.248. The van der Waals surface area contributed by atoms with E-state index in [1.807, 2.05) is 35.7 Å². The number of thiazole rings is 1. The van der Waals surface area contributed by atoms with Crippen LogP contribution < -0.4 is 10.6 Å². The number of rotatable bonds is 4. The first kappa shape index (κ1) is 20.9. The van der Waals surface area contributed by atoms with Gasteiger partial charge < -0.3 is 5.32 Å². The topological polar surface area (TPSA) is 54.0 Å². The summed E-state index contributed by atoms with van der Waals surface area (Å²) in [7, 11) is 0. The van der Waals surface area contributed by atoms with E-state index in [0.717, 1.165) is 11.3 Å². The zero-order valence-corrected chi connectivity index (χ0v) is 17.6. The largest absolute Gasteiger partial charge is 0.327 e. The van der Waals surface area contributed by atoms with E-state index in [1.165, 1.54) is 17.4 Å². The molecule has 0 aliphatic rings. The number of carbonyl (C=O) groups is 1. The molecule has 1 heterocycles. The predicted octanol–water partition coefficient (Wildman–Crippen LogP) is 6.49. The first-order valence-corrected chi connectivity index (χ1v) is 10.2. The zero-order valence-electron chi connectivity index (χ0n) is 14.5. The molecule has 2 N–H and O–H groups in total. The Balaban J connectivity index is 1.74. The molecule has 0 unspecified atom stereocenters. The minimum atomic E-state index is -1.88. The zero-order chi connectivity index (χ0) is 20.3. The van der Waals surface area contributed by atoms with Crippen molar-refractivity contribution in [3.8, 4) is 11.3 Å². The van der Waals surface area contributed by atoms with E-state index in [9.17, 15) is 9.18 Å². The maximum atomic E-state index is 13.9. The number of halogens is 4. The Bertz CT molecular complexity index is 976. The van der Waals surface area contributed by atoms with Gasteiger partial charge in [-0.1, -0.05) is 77.3 Å². The molecule has 146 valence electrons. The number of aryl methyl sites for hydroxylation is 1. The van der Waals surface area contributed by atoms with Gasteiger partial charge in [-0.2, -0.15) is 0 Å². The number of nitrogens with one attached hydrogen (secondary N) is 2. The summed E-state index contributed by atoms with van der Waals surface area (Å²) < 4.78 is 12.0. The van der Waals surface area contributed by atoms with Crippen molar-refractivity contribution in [1.29, 1.82) is 0 Å². The number of amides is 2. The van der Waals surface area contributed by atoms with Crippen LogP contribution in [0.1, 0.15) is 17.2 Å². The van der Waals surface area contributed by atoms with Crippen LogP contribution in [0.4, 0.5) is 14.3 Å². The fraction of sp³-hybridized carbons (Fsp3) is 0.158. The Morgan fingerprint density at radius 3 is 2.54 bits per heavy atom. The summed E-state index contributed by atoms with van der Waals surface area (Å²) in [6, 6.07) is 12.3. The van der Waals surface area contributed by atoms with Gasteiger partial charge in [0.05, 0.1) is 5.69 Å². The van der Waals surface area contributed by atoms with E-state index >= 15 is 0 Å². The van der Waals surface area contributed by atoms with Crippen molar-refractivity contribution in [3.05, 3.63) is 70.9 Å². The summed E-state index contributed by atoms with van der Waals surface area (Å²) in [6.45, 7) is 1.62. The van der Waals surface area contributed by atoms with Gasteiger partial charge >= 0.3 is 6.03 Å². The molecule has 28 heavy (non-hydrogen) atoms. The highest BCUT2D eigenvalue weighted by molar-refractivity contribution is 7.14. The number of aromatic nitrogens is 1. The number of nitrogens with zero attached hydrogens (tertiary/aromatic N) is 1. The Hall–Kier alpha value is -1.86. The maximum Gasteiger partial charge on any atom is 0.321 e. The molecule has 2 aromatic carbocycles. The van der Waals surface area contributed by atoms with Gasteiger partial charge in [-0.05, 0) is 24.1 Å². The van der Waals surface area contributed by atoms with Crippen LogP contribution in [0.2, 0.25) is 0 Å². The third kappa shape index (κ3) is 5.14. The summed E-state index contributed by atoms with van der Waals surface area (Å²) in [5.41, 5.74) is 2.45. The Kier molecular flexibility index (Phi) is 6.45. The van der Waals surface area contributed by atoms with Gasteiger partial charge in [0, 0.05) is 10.9 Å². The molecule has 3 aromatic rings. The standard InChI is InChI=1S/C19H15Cl3FN3OS/c1-11-7-8-13(9-14(11)23)16(19(20,21)22)25-17(27)26-18-24-15(10-28-18)12-5-3-2-4-6-12/h2-10,16H,1H3,(H2,24,25,26,27)/t16-/m0/s1. The average Bonchev–Trinajstić information content (AvgIpc) is 3.10. The summed E-state index contributed by atoms with van der Waals surface area (Å²) >= 11 is 19.3. The lowest BCUT2D eigenvalue weighted by Crippen LogP contribution is -2.39. The van der Waals surface area contributed by atoms with Gasteiger partial charge in [-0.15, -0.1) is 11.3 Å². The van der Waals surface area contributed by atoms with E-state index in [-0.39, 0.29) is 0 Å². The first-order chi connectivity index (χ1) is 13.2. The van der Waals surface area contributed by atoms with Crippen molar-refractivity contribution in [2.24, 2.45) is 0 Å². The number of hydrogen-bond acceptors (Lipinski definition) is 3. The third-order valence-electron chi connectivity index (χ3n) is 3.93. The maximum absolute atomic E-state index is 13.9. The summed E-state index contributed by atoms with van der Waals surface area (Å²) in [5.74, 6) is -0.452. The van der Waals surface area contributed by atoms with E-state index in [1.54, 1.807) is 19.1 Å². The fourth-order valence-electron chi connectivity index (χ4n) is 2.48. The Labute approximate surface area is 180 Å². The normalized spacial score (nSPS) is 12.5. The lowest BCUT2D eigenvalue weighted by atomic mass is 10.1. The van der Waals surface area contributed by atoms with Gasteiger partial charge in [-0.3, -0.25) is 5.32 Å². The minimum absolute atomic E-state index is 0.336. The summed E-state index contributed by atoms with van der Waals surface area (Å²) in [5, 5.41) is 7.40. The van der Waals surface area contributed by atoms with Crippen molar-refractivity contribution in [2.45, 2.75) is 16.8 Å². The van der Waals surface area contributed by atoms with Crippen LogP contribution in [0.25, 0.3) is 11.3 Å². The highest BCUT2D eigenvalue weighted by atomic mass is 35.6. The second kappa shape index (κ2) is 8.66. The minimum Gasteiger partial charge on any atom is -0.327 e.